The summed E-state index contributed by atoms with van der Waals surface area (Å²) in [4.78, 5) is 22.1. The maximum absolute atomic E-state index is 11.3. The molecular formula is C15H17N3O4. The maximum atomic E-state index is 11.3. The first-order valence-electron chi connectivity index (χ1n) is 6.59. The number of rotatable bonds is 7. The average Bonchev–Trinajstić information content (AvgIpc) is 3.03. The summed E-state index contributed by atoms with van der Waals surface area (Å²) in [5, 5.41) is 9.24. The number of benzene rings is 1. The van der Waals surface area contributed by atoms with Crippen molar-refractivity contribution in [3.8, 4) is 11.5 Å². The molecule has 0 amide bonds. The molecule has 1 aromatic heterocycles. The molecule has 0 saturated heterocycles. The number of hydrogen-bond donors (Lipinski definition) is 2. The second-order valence-electron chi connectivity index (χ2n) is 4.53. The zero-order valence-electron chi connectivity index (χ0n) is 12.3. The predicted octanol–water partition coefficient (Wildman–Crippen LogP) is 1.54. The van der Waals surface area contributed by atoms with Crippen LogP contribution in [-0.2, 0) is 11.2 Å². The second kappa shape index (κ2) is 7.26. The first-order chi connectivity index (χ1) is 10.6. The first kappa shape index (κ1) is 15.6. The number of aliphatic imine (C=N–C) groups is 1. The van der Waals surface area contributed by atoms with Crippen LogP contribution in [0.15, 0.2) is 35.7 Å². The van der Waals surface area contributed by atoms with Gasteiger partial charge in [0.1, 0.15) is 0 Å². The van der Waals surface area contributed by atoms with Crippen LogP contribution in [0.5, 0.6) is 11.5 Å². The van der Waals surface area contributed by atoms with Crippen molar-refractivity contribution >= 4 is 12.2 Å². The number of imidazole rings is 1. The Morgan fingerprint density at radius 2 is 2.18 bits per heavy atom. The monoisotopic (exact) mass is 303 g/mol. The lowest BCUT2D eigenvalue weighted by atomic mass is 10.1. The van der Waals surface area contributed by atoms with E-state index in [1.807, 2.05) is 0 Å². The minimum Gasteiger partial charge on any atom is -0.493 e. The van der Waals surface area contributed by atoms with Gasteiger partial charge >= 0.3 is 5.97 Å². The van der Waals surface area contributed by atoms with Gasteiger partial charge in [-0.3, -0.25) is 4.99 Å². The molecular weight excluding hydrogens is 286 g/mol. The lowest BCUT2D eigenvalue weighted by molar-refractivity contribution is -0.138. The largest absolute Gasteiger partial charge is 0.493 e. The normalized spacial score (nSPS) is 12.3. The molecule has 0 unspecified atom stereocenters. The van der Waals surface area contributed by atoms with Crippen LogP contribution in [0.3, 0.4) is 0 Å². The average molecular weight is 303 g/mol. The van der Waals surface area contributed by atoms with Crippen molar-refractivity contribution in [3.63, 3.8) is 0 Å². The highest BCUT2D eigenvalue weighted by Crippen LogP contribution is 2.26. The van der Waals surface area contributed by atoms with Gasteiger partial charge in [0.25, 0.3) is 0 Å². The minimum atomic E-state index is -0.994. The number of aromatic nitrogens is 2. The number of carbonyl (C=O) groups is 1. The van der Waals surface area contributed by atoms with E-state index in [4.69, 9.17) is 9.47 Å². The highest BCUT2D eigenvalue weighted by Gasteiger charge is 2.16. The number of aliphatic carboxylic acids is 1. The second-order valence-corrected chi connectivity index (χ2v) is 4.53. The van der Waals surface area contributed by atoms with E-state index >= 15 is 0 Å². The molecule has 22 heavy (non-hydrogen) atoms. The summed E-state index contributed by atoms with van der Waals surface area (Å²) in [6, 6.07) is 4.37. The Morgan fingerprint density at radius 1 is 1.41 bits per heavy atom. The Balaban J connectivity index is 2.15. The molecule has 7 nitrogen and oxygen atoms in total. The molecule has 2 aromatic rings. The fraction of sp³-hybridized carbons (Fsp3) is 0.267. The minimum absolute atomic E-state index is 0.249. The molecule has 0 aliphatic heterocycles. The van der Waals surface area contributed by atoms with Crippen molar-refractivity contribution < 1.29 is 19.4 Å². The summed E-state index contributed by atoms with van der Waals surface area (Å²) in [7, 11) is 3.09. The van der Waals surface area contributed by atoms with E-state index in [1.54, 1.807) is 31.5 Å². The van der Waals surface area contributed by atoms with Crippen molar-refractivity contribution in [1.29, 1.82) is 0 Å². The van der Waals surface area contributed by atoms with E-state index in [0.717, 1.165) is 11.3 Å². The molecule has 2 rings (SSSR count). The molecule has 0 spiro atoms. The third-order valence-electron chi connectivity index (χ3n) is 3.06. The number of H-pyrrole nitrogens is 1. The third kappa shape index (κ3) is 3.85. The van der Waals surface area contributed by atoms with Crippen LogP contribution in [0.2, 0.25) is 0 Å². The number of ether oxygens (including phenoxy) is 2. The zero-order chi connectivity index (χ0) is 15.9. The lowest BCUT2D eigenvalue weighted by Gasteiger charge is -2.08. The van der Waals surface area contributed by atoms with E-state index in [-0.39, 0.29) is 6.42 Å². The molecule has 0 bridgehead atoms. The Morgan fingerprint density at radius 3 is 2.77 bits per heavy atom. The summed E-state index contributed by atoms with van der Waals surface area (Å²) in [5.74, 6) is 0.171. The van der Waals surface area contributed by atoms with Gasteiger partial charge in [0.05, 0.1) is 20.5 Å². The highest BCUT2D eigenvalue weighted by atomic mass is 16.5. The van der Waals surface area contributed by atoms with Crippen molar-refractivity contribution in [2.45, 2.75) is 12.5 Å². The Bertz CT molecular complexity index is 653. The van der Waals surface area contributed by atoms with Gasteiger partial charge in [0, 0.05) is 24.5 Å². The van der Waals surface area contributed by atoms with Crippen LogP contribution in [-0.4, -0.2) is 47.5 Å². The lowest BCUT2D eigenvalue weighted by Crippen LogP contribution is -2.21. The van der Waals surface area contributed by atoms with E-state index in [1.165, 1.54) is 19.7 Å². The van der Waals surface area contributed by atoms with E-state index in [2.05, 4.69) is 15.0 Å². The van der Waals surface area contributed by atoms with Gasteiger partial charge in [0.15, 0.2) is 17.5 Å². The highest BCUT2D eigenvalue weighted by molar-refractivity contribution is 5.84. The molecule has 0 fully saturated rings. The molecule has 1 atom stereocenters. The molecule has 1 aromatic carbocycles. The number of nitrogens with zero attached hydrogens (tertiary/aromatic N) is 2. The third-order valence-corrected chi connectivity index (χ3v) is 3.06. The van der Waals surface area contributed by atoms with Crippen LogP contribution in [0.4, 0.5) is 0 Å². The molecule has 0 saturated carbocycles. The Labute approximate surface area is 127 Å². The number of aromatic amines is 1. The first-order valence-corrected chi connectivity index (χ1v) is 6.59. The van der Waals surface area contributed by atoms with Crippen LogP contribution < -0.4 is 9.47 Å². The summed E-state index contributed by atoms with van der Waals surface area (Å²) in [6.07, 6.45) is 4.85. The van der Waals surface area contributed by atoms with Gasteiger partial charge in [-0.25, -0.2) is 9.78 Å². The SMILES string of the molecule is COc1ccc(C=N[C@@H](Cc2cnc[nH]2)C(=O)O)cc1OC. The maximum Gasteiger partial charge on any atom is 0.328 e. The molecule has 7 heteroatoms. The van der Waals surface area contributed by atoms with E-state index in [9.17, 15) is 9.90 Å². The fourth-order valence-corrected chi connectivity index (χ4v) is 1.92. The molecule has 116 valence electrons. The van der Waals surface area contributed by atoms with E-state index < -0.39 is 12.0 Å². The zero-order valence-corrected chi connectivity index (χ0v) is 12.3. The Kier molecular flexibility index (Phi) is 5.13. The van der Waals surface area contributed by atoms with Gasteiger partial charge < -0.3 is 19.6 Å². The predicted molar refractivity (Wildman–Crippen MR) is 80.9 cm³/mol. The van der Waals surface area contributed by atoms with Crippen molar-refractivity contribution in [2.75, 3.05) is 14.2 Å². The number of methoxy groups -OCH3 is 2. The van der Waals surface area contributed by atoms with Gasteiger partial charge in [-0.2, -0.15) is 0 Å². The van der Waals surface area contributed by atoms with Crippen LogP contribution >= 0.6 is 0 Å². The number of carboxylic acid groups (broad SMARTS) is 1. The molecule has 2 N–H and O–H groups in total. The molecule has 1 heterocycles. The standard InChI is InChI=1S/C15H17N3O4/c1-21-13-4-3-10(5-14(13)22-2)7-17-12(15(19)20)6-11-8-16-9-18-11/h3-5,7-9,12H,6H2,1-2H3,(H,16,18)(H,19,20)/t12-/m0/s1. The van der Waals surface area contributed by atoms with Crippen molar-refractivity contribution in [2.24, 2.45) is 4.99 Å². The summed E-state index contributed by atoms with van der Waals surface area (Å²) >= 11 is 0. The molecule has 0 aliphatic rings. The summed E-state index contributed by atoms with van der Waals surface area (Å²) in [5.41, 5.74) is 1.45. The topological polar surface area (TPSA) is 96.8 Å². The number of hydrogen-bond acceptors (Lipinski definition) is 5. The Hall–Kier alpha value is -2.83. The molecule has 0 aliphatic carbocycles. The fourth-order valence-electron chi connectivity index (χ4n) is 1.92. The van der Waals surface area contributed by atoms with Crippen LogP contribution in [0.1, 0.15) is 11.3 Å². The van der Waals surface area contributed by atoms with Gasteiger partial charge in [-0.1, -0.05) is 0 Å². The van der Waals surface area contributed by atoms with Crippen LogP contribution in [0, 0.1) is 0 Å². The van der Waals surface area contributed by atoms with Crippen molar-refractivity contribution in [1.82, 2.24) is 9.97 Å². The van der Waals surface area contributed by atoms with Gasteiger partial charge in [0.2, 0.25) is 0 Å². The molecule has 0 radical (unpaired) electrons. The smallest absolute Gasteiger partial charge is 0.328 e. The summed E-state index contributed by atoms with van der Waals surface area (Å²) < 4.78 is 10.4. The summed E-state index contributed by atoms with van der Waals surface area (Å²) in [6.45, 7) is 0. The number of carboxylic acids is 1. The quantitative estimate of drug-likeness (QED) is 0.756. The van der Waals surface area contributed by atoms with Gasteiger partial charge in [-0.15, -0.1) is 0 Å². The van der Waals surface area contributed by atoms with Gasteiger partial charge in [-0.05, 0) is 23.8 Å². The van der Waals surface area contributed by atoms with E-state index in [0.29, 0.717) is 11.5 Å². The van der Waals surface area contributed by atoms with Crippen LogP contribution in [0.25, 0.3) is 0 Å². The van der Waals surface area contributed by atoms with Crippen molar-refractivity contribution in [3.05, 3.63) is 42.0 Å². The number of nitrogens with one attached hydrogen (secondary N) is 1.